The third kappa shape index (κ3) is 4.07. The number of hydrogen-bond acceptors (Lipinski definition) is 3. The second-order valence-electron chi connectivity index (χ2n) is 3.99. The van der Waals surface area contributed by atoms with E-state index >= 15 is 0 Å². The summed E-state index contributed by atoms with van der Waals surface area (Å²) in [5, 5.41) is 2.91. The molecule has 2 atom stereocenters. The van der Waals surface area contributed by atoms with Crippen LogP contribution >= 0.6 is 0 Å². The van der Waals surface area contributed by atoms with E-state index < -0.39 is 0 Å². The zero-order valence-electron chi connectivity index (χ0n) is 8.79. The highest BCUT2D eigenvalue weighted by atomic mass is 16.5. The minimum absolute atomic E-state index is 0.0762. The average Bonchev–Trinajstić information content (AvgIpc) is 2.58. The number of carbonyl (C=O) groups is 1. The molecule has 14 heavy (non-hydrogen) atoms. The lowest BCUT2D eigenvalue weighted by Crippen LogP contribution is -2.29. The van der Waals surface area contributed by atoms with Gasteiger partial charge in [0, 0.05) is 26.1 Å². The van der Waals surface area contributed by atoms with Crippen molar-refractivity contribution in [1.29, 1.82) is 0 Å². The van der Waals surface area contributed by atoms with Crippen molar-refractivity contribution < 1.29 is 9.53 Å². The summed E-state index contributed by atoms with van der Waals surface area (Å²) in [4.78, 5) is 11.2. The number of carbonyl (C=O) groups excluding carboxylic acids is 1. The number of nitrogens with one attached hydrogen (secondary N) is 1. The van der Waals surface area contributed by atoms with Gasteiger partial charge in [-0.15, -0.1) is 0 Å². The van der Waals surface area contributed by atoms with Crippen LogP contribution in [0.3, 0.4) is 0 Å². The van der Waals surface area contributed by atoms with Crippen LogP contribution < -0.4 is 11.1 Å². The Labute approximate surface area is 85.2 Å². The summed E-state index contributed by atoms with van der Waals surface area (Å²) in [6, 6.07) is 0.343. The maximum absolute atomic E-state index is 11.2. The van der Waals surface area contributed by atoms with E-state index in [4.69, 9.17) is 10.5 Å². The second kappa shape index (κ2) is 5.98. The van der Waals surface area contributed by atoms with Crippen molar-refractivity contribution in [3.63, 3.8) is 0 Å². The van der Waals surface area contributed by atoms with Gasteiger partial charge in [-0.25, -0.2) is 0 Å². The Hall–Kier alpha value is -0.610. The quantitative estimate of drug-likeness (QED) is 0.669. The molecule has 0 heterocycles. The van der Waals surface area contributed by atoms with Gasteiger partial charge < -0.3 is 15.8 Å². The van der Waals surface area contributed by atoms with Crippen molar-refractivity contribution >= 4 is 5.91 Å². The van der Waals surface area contributed by atoms with Crippen LogP contribution in [-0.2, 0) is 9.53 Å². The summed E-state index contributed by atoms with van der Waals surface area (Å²) in [6.07, 6.45) is 3.74. The predicted molar refractivity (Wildman–Crippen MR) is 54.8 cm³/mol. The molecule has 3 N–H and O–H groups in total. The summed E-state index contributed by atoms with van der Waals surface area (Å²) < 4.78 is 4.82. The lowest BCUT2D eigenvalue weighted by atomic mass is 10.1. The Balaban J connectivity index is 2.05. The van der Waals surface area contributed by atoms with Gasteiger partial charge in [0.05, 0.1) is 6.61 Å². The van der Waals surface area contributed by atoms with E-state index in [9.17, 15) is 4.79 Å². The molecule has 2 unspecified atom stereocenters. The second-order valence-corrected chi connectivity index (χ2v) is 3.99. The largest absolute Gasteiger partial charge is 0.384 e. The van der Waals surface area contributed by atoms with Gasteiger partial charge in [0.1, 0.15) is 0 Å². The molecule has 0 saturated heterocycles. The predicted octanol–water partition coefficient (Wildman–Crippen LogP) is 0.267. The molecule has 1 aliphatic carbocycles. The molecule has 4 heteroatoms. The highest BCUT2D eigenvalue weighted by Crippen LogP contribution is 2.22. The number of hydrogen-bond donors (Lipinski definition) is 2. The van der Waals surface area contributed by atoms with Crippen LogP contribution in [0.15, 0.2) is 0 Å². The molecule has 0 aromatic heterocycles. The number of methoxy groups -OCH3 is 1. The molecule has 0 bridgehead atoms. The zero-order chi connectivity index (χ0) is 10.4. The van der Waals surface area contributed by atoms with Crippen LogP contribution in [0.4, 0.5) is 0 Å². The molecule has 1 amide bonds. The highest BCUT2D eigenvalue weighted by molar-refractivity contribution is 5.75. The van der Waals surface area contributed by atoms with Gasteiger partial charge in [0.2, 0.25) is 5.91 Å². The van der Waals surface area contributed by atoms with Gasteiger partial charge in [-0.05, 0) is 25.2 Å². The van der Waals surface area contributed by atoms with Crippen molar-refractivity contribution in [2.24, 2.45) is 11.7 Å². The monoisotopic (exact) mass is 200 g/mol. The Morgan fingerprint density at radius 1 is 1.57 bits per heavy atom. The molecule has 0 aromatic carbocycles. The van der Waals surface area contributed by atoms with Crippen molar-refractivity contribution in [2.75, 3.05) is 20.3 Å². The van der Waals surface area contributed by atoms with Crippen LogP contribution in [0.1, 0.15) is 25.7 Å². The lowest BCUT2D eigenvalue weighted by molar-refractivity contribution is -0.122. The van der Waals surface area contributed by atoms with E-state index in [2.05, 4.69) is 5.32 Å². The van der Waals surface area contributed by atoms with E-state index in [-0.39, 0.29) is 5.91 Å². The molecular formula is C10H20N2O2. The smallest absolute Gasteiger partial charge is 0.222 e. The van der Waals surface area contributed by atoms with Crippen LogP contribution in [0.25, 0.3) is 0 Å². The van der Waals surface area contributed by atoms with Gasteiger partial charge >= 0.3 is 0 Å². The summed E-state index contributed by atoms with van der Waals surface area (Å²) >= 11 is 0. The SMILES string of the molecule is COCCC(=O)NCC1CCC(N)C1. The van der Waals surface area contributed by atoms with Gasteiger partial charge in [-0.3, -0.25) is 4.79 Å². The van der Waals surface area contributed by atoms with E-state index in [1.807, 2.05) is 0 Å². The molecule has 0 aliphatic heterocycles. The fraction of sp³-hybridized carbons (Fsp3) is 0.900. The normalized spacial score (nSPS) is 26.4. The van der Waals surface area contributed by atoms with E-state index in [0.29, 0.717) is 25.0 Å². The fourth-order valence-electron chi connectivity index (χ4n) is 1.84. The lowest BCUT2D eigenvalue weighted by Gasteiger charge is -2.10. The molecule has 82 valence electrons. The summed E-state index contributed by atoms with van der Waals surface area (Å²) in [5.74, 6) is 0.656. The minimum Gasteiger partial charge on any atom is -0.384 e. The Morgan fingerprint density at radius 3 is 2.93 bits per heavy atom. The first-order valence-electron chi connectivity index (χ1n) is 5.23. The highest BCUT2D eigenvalue weighted by Gasteiger charge is 2.21. The third-order valence-corrected chi connectivity index (χ3v) is 2.70. The van der Waals surface area contributed by atoms with Gasteiger partial charge in [-0.1, -0.05) is 0 Å². The molecular weight excluding hydrogens is 180 g/mol. The average molecular weight is 200 g/mol. The van der Waals surface area contributed by atoms with Crippen molar-refractivity contribution in [3.05, 3.63) is 0 Å². The Kier molecular flexibility index (Phi) is 4.90. The van der Waals surface area contributed by atoms with Crippen LogP contribution in [0.5, 0.6) is 0 Å². The molecule has 1 rings (SSSR count). The molecule has 0 spiro atoms. The van der Waals surface area contributed by atoms with E-state index in [1.54, 1.807) is 7.11 Å². The van der Waals surface area contributed by atoms with Gasteiger partial charge in [-0.2, -0.15) is 0 Å². The molecule has 0 aromatic rings. The van der Waals surface area contributed by atoms with Crippen molar-refractivity contribution in [3.8, 4) is 0 Å². The van der Waals surface area contributed by atoms with Crippen molar-refractivity contribution in [2.45, 2.75) is 31.7 Å². The maximum Gasteiger partial charge on any atom is 0.222 e. The topological polar surface area (TPSA) is 64.3 Å². The molecule has 1 aliphatic rings. The Bertz CT molecular complexity index is 185. The maximum atomic E-state index is 11.2. The molecule has 0 radical (unpaired) electrons. The Morgan fingerprint density at radius 2 is 2.36 bits per heavy atom. The third-order valence-electron chi connectivity index (χ3n) is 2.70. The molecule has 1 fully saturated rings. The van der Waals surface area contributed by atoms with Crippen LogP contribution in [-0.4, -0.2) is 32.2 Å². The summed E-state index contributed by atoms with van der Waals surface area (Å²) in [6.45, 7) is 1.27. The first kappa shape index (κ1) is 11.5. The standard InChI is InChI=1S/C10H20N2O2/c1-14-5-4-10(13)12-7-8-2-3-9(11)6-8/h8-9H,2-7,11H2,1H3,(H,12,13). The number of ether oxygens (including phenoxy) is 1. The number of amides is 1. The summed E-state index contributed by atoms with van der Waals surface area (Å²) in [5.41, 5.74) is 5.78. The van der Waals surface area contributed by atoms with E-state index in [1.165, 1.54) is 0 Å². The van der Waals surface area contributed by atoms with E-state index in [0.717, 1.165) is 25.8 Å². The van der Waals surface area contributed by atoms with Gasteiger partial charge in [0.25, 0.3) is 0 Å². The minimum atomic E-state index is 0.0762. The van der Waals surface area contributed by atoms with Crippen LogP contribution in [0, 0.1) is 5.92 Å². The number of nitrogens with two attached hydrogens (primary N) is 1. The summed E-state index contributed by atoms with van der Waals surface area (Å²) in [7, 11) is 1.60. The first-order chi connectivity index (χ1) is 6.72. The van der Waals surface area contributed by atoms with Crippen LogP contribution in [0.2, 0.25) is 0 Å². The fourth-order valence-corrected chi connectivity index (χ4v) is 1.84. The number of rotatable bonds is 5. The molecule has 1 saturated carbocycles. The van der Waals surface area contributed by atoms with Gasteiger partial charge in [0.15, 0.2) is 0 Å². The first-order valence-corrected chi connectivity index (χ1v) is 5.23. The molecule has 4 nitrogen and oxygen atoms in total. The zero-order valence-corrected chi connectivity index (χ0v) is 8.79. The van der Waals surface area contributed by atoms with Crippen molar-refractivity contribution in [1.82, 2.24) is 5.32 Å².